The van der Waals surface area contributed by atoms with E-state index in [1.807, 2.05) is 25.1 Å². The highest BCUT2D eigenvalue weighted by atomic mass is 16.2. The summed E-state index contributed by atoms with van der Waals surface area (Å²) in [7, 11) is 7.57. The van der Waals surface area contributed by atoms with E-state index in [0.29, 0.717) is 24.4 Å². The predicted molar refractivity (Wildman–Crippen MR) is 185 cm³/mol. The van der Waals surface area contributed by atoms with Gasteiger partial charge in [-0.1, -0.05) is 31.4 Å². The number of aryl methyl sites for hydroxylation is 2. The van der Waals surface area contributed by atoms with Crippen molar-refractivity contribution in [2.45, 2.75) is 76.4 Å². The van der Waals surface area contributed by atoms with E-state index in [9.17, 15) is 10.1 Å². The Labute approximate surface area is 270 Å². The van der Waals surface area contributed by atoms with Gasteiger partial charge in [0.15, 0.2) is 0 Å². The molecule has 240 valence electrons. The molecule has 0 bridgehead atoms. The summed E-state index contributed by atoms with van der Waals surface area (Å²) in [5.74, 6) is 0.550. The van der Waals surface area contributed by atoms with Gasteiger partial charge in [-0.3, -0.25) is 9.79 Å². The Morgan fingerprint density at radius 3 is 2.22 bits per heavy atom. The molecule has 8 nitrogen and oxygen atoms in total. The maximum Gasteiger partial charge on any atom is 0.253 e. The first-order chi connectivity index (χ1) is 21.3. The number of amidine groups is 1. The van der Waals surface area contributed by atoms with E-state index in [1.54, 1.807) is 19.0 Å². The van der Waals surface area contributed by atoms with Gasteiger partial charge in [-0.25, -0.2) is 0 Å². The number of amides is 1. The topological polar surface area (TPSA) is 101 Å². The van der Waals surface area contributed by atoms with Crippen LogP contribution in [0.1, 0.15) is 78.2 Å². The molecular formula is C37H51N7O. The largest absolute Gasteiger partial charge is 0.386 e. The number of carbonyl (C=O) groups excluding carboxylic acids is 1. The molecule has 4 rings (SSSR count). The van der Waals surface area contributed by atoms with Gasteiger partial charge in [-0.2, -0.15) is 5.26 Å². The molecule has 1 amide bonds. The molecule has 3 N–H and O–H groups in total. The number of hydrogen-bond donors (Lipinski definition) is 2. The molecule has 1 heterocycles. The molecule has 3 atom stereocenters. The van der Waals surface area contributed by atoms with Crippen LogP contribution in [0, 0.1) is 11.3 Å². The smallest absolute Gasteiger partial charge is 0.253 e. The Bertz CT molecular complexity index is 1440. The quantitative estimate of drug-likeness (QED) is 0.277. The zero-order chi connectivity index (χ0) is 33.1. The van der Waals surface area contributed by atoms with Crippen molar-refractivity contribution in [1.29, 1.82) is 5.26 Å². The summed E-state index contributed by atoms with van der Waals surface area (Å²) in [5, 5.41) is 13.3. The Balaban J connectivity index is 1.86. The van der Waals surface area contributed by atoms with Gasteiger partial charge in [-0.05, 0) is 98.9 Å². The van der Waals surface area contributed by atoms with Crippen molar-refractivity contribution in [2.24, 2.45) is 10.7 Å². The van der Waals surface area contributed by atoms with Gasteiger partial charge < -0.3 is 25.8 Å². The molecular weight excluding hydrogens is 558 g/mol. The van der Waals surface area contributed by atoms with Crippen LogP contribution in [0.5, 0.6) is 0 Å². The highest BCUT2D eigenvalue weighted by molar-refractivity contribution is 5.98. The molecule has 1 aliphatic heterocycles. The monoisotopic (exact) mass is 609 g/mol. The Morgan fingerprint density at radius 2 is 1.67 bits per heavy atom. The van der Waals surface area contributed by atoms with Crippen LogP contribution < -0.4 is 11.1 Å². The van der Waals surface area contributed by atoms with Crippen molar-refractivity contribution in [2.75, 3.05) is 41.3 Å². The van der Waals surface area contributed by atoms with E-state index in [1.165, 1.54) is 5.56 Å². The molecule has 2 aromatic rings. The first-order valence-electron chi connectivity index (χ1n) is 16.1. The third kappa shape index (κ3) is 6.94. The lowest BCUT2D eigenvalue weighted by molar-refractivity contribution is 0.0827. The van der Waals surface area contributed by atoms with Crippen molar-refractivity contribution in [1.82, 2.24) is 20.0 Å². The number of likely N-dealkylation sites (tertiary alicyclic amines) is 1. The lowest BCUT2D eigenvalue weighted by Crippen LogP contribution is -2.48. The summed E-state index contributed by atoms with van der Waals surface area (Å²) >= 11 is 0. The fourth-order valence-corrected chi connectivity index (χ4v) is 6.87. The standard InChI is InChI=1S/C37H51N7O/c1-24(2)41-36(39)37(21-25(3)40-23-26(4)44-18-10-11-32(44)22-38)33-16-14-28(27(5)42(6)7)19-29(33)12-13-30-20-31(15-17-34(30)37)35(45)43(8)9/h14-17,19-20,24-25,32,40H,4-5,10-13,18,21,23H2,1-3,6-9H3,(H2,39,41)/t25-,32?,37?/m0/s1. The number of nitrogens with two attached hydrogens (primary N) is 1. The Morgan fingerprint density at radius 1 is 1.07 bits per heavy atom. The second-order valence-corrected chi connectivity index (χ2v) is 13.3. The summed E-state index contributed by atoms with van der Waals surface area (Å²) in [4.78, 5) is 23.9. The number of rotatable bonds is 11. The van der Waals surface area contributed by atoms with Gasteiger partial charge in [-0.15, -0.1) is 0 Å². The third-order valence-corrected chi connectivity index (χ3v) is 9.23. The minimum atomic E-state index is -0.736. The fourth-order valence-electron chi connectivity index (χ4n) is 6.87. The normalized spacial score (nSPS) is 20.1. The van der Waals surface area contributed by atoms with E-state index in [4.69, 9.17) is 10.7 Å². The molecule has 1 aliphatic carbocycles. The average molecular weight is 610 g/mol. The first-order valence-corrected chi connectivity index (χ1v) is 16.1. The molecule has 0 radical (unpaired) electrons. The van der Waals surface area contributed by atoms with Crippen molar-refractivity contribution in [3.8, 4) is 6.07 Å². The SMILES string of the molecule is C=C(c1ccc2c(c1)CCc1cc(C(=O)N(C)C)ccc1C2(C[C@H](C)NCC(=C)N1CCCC1C#N)C(N)=NC(C)C)N(C)C. The number of nitrogens with one attached hydrogen (secondary N) is 1. The first kappa shape index (κ1) is 33.8. The number of benzene rings is 2. The molecule has 1 fully saturated rings. The zero-order valence-corrected chi connectivity index (χ0v) is 28.3. The van der Waals surface area contributed by atoms with Crippen LogP contribution in [0.2, 0.25) is 0 Å². The van der Waals surface area contributed by atoms with E-state index in [2.05, 4.69) is 80.5 Å². The van der Waals surface area contributed by atoms with Crippen molar-refractivity contribution in [3.63, 3.8) is 0 Å². The molecule has 2 unspecified atom stereocenters. The molecule has 2 aromatic carbocycles. The molecule has 0 saturated carbocycles. The van der Waals surface area contributed by atoms with E-state index >= 15 is 0 Å². The van der Waals surface area contributed by atoms with Crippen LogP contribution in [-0.4, -0.2) is 85.8 Å². The van der Waals surface area contributed by atoms with Crippen LogP contribution in [-0.2, 0) is 18.3 Å². The van der Waals surface area contributed by atoms with Crippen molar-refractivity contribution < 1.29 is 4.79 Å². The molecule has 0 spiro atoms. The van der Waals surface area contributed by atoms with E-state index in [-0.39, 0.29) is 24.0 Å². The van der Waals surface area contributed by atoms with Gasteiger partial charge in [0.2, 0.25) is 0 Å². The third-order valence-electron chi connectivity index (χ3n) is 9.23. The highest BCUT2D eigenvalue weighted by Crippen LogP contribution is 2.45. The lowest BCUT2D eigenvalue weighted by Gasteiger charge is -2.39. The molecule has 0 aromatic heterocycles. The van der Waals surface area contributed by atoms with Crippen LogP contribution in [0.25, 0.3) is 5.70 Å². The van der Waals surface area contributed by atoms with Gasteiger partial charge in [0.1, 0.15) is 11.9 Å². The highest BCUT2D eigenvalue weighted by Gasteiger charge is 2.44. The minimum absolute atomic E-state index is 0.000497. The fraction of sp³-hybridized carbons (Fsp3) is 0.486. The maximum absolute atomic E-state index is 13.1. The second-order valence-electron chi connectivity index (χ2n) is 13.3. The van der Waals surface area contributed by atoms with Crippen LogP contribution >= 0.6 is 0 Å². The van der Waals surface area contributed by atoms with Gasteiger partial charge in [0.25, 0.3) is 5.91 Å². The second kappa shape index (κ2) is 13.9. The molecule has 2 aliphatic rings. The van der Waals surface area contributed by atoms with Crippen LogP contribution in [0.4, 0.5) is 0 Å². The zero-order valence-electron chi connectivity index (χ0n) is 28.3. The predicted octanol–water partition coefficient (Wildman–Crippen LogP) is 4.94. The number of nitrogens with zero attached hydrogens (tertiary/aromatic N) is 5. The molecule has 8 heteroatoms. The number of carbonyl (C=O) groups is 1. The number of nitriles is 1. The summed E-state index contributed by atoms with van der Waals surface area (Å²) in [5.41, 5.74) is 14.6. The minimum Gasteiger partial charge on any atom is -0.386 e. The van der Waals surface area contributed by atoms with Gasteiger partial charge in [0, 0.05) is 70.3 Å². The number of hydrogen-bond acceptors (Lipinski definition) is 6. The number of fused-ring (bicyclic) bond motifs is 2. The lowest BCUT2D eigenvalue weighted by atomic mass is 9.67. The molecule has 1 saturated heterocycles. The maximum atomic E-state index is 13.1. The summed E-state index contributed by atoms with van der Waals surface area (Å²) in [6.07, 6.45) is 4.11. The van der Waals surface area contributed by atoms with E-state index in [0.717, 1.165) is 65.9 Å². The van der Waals surface area contributed by atoms with E-state index < -0.39 is 5.41 Å². The summed E-state index contributed by atoms with van der Waals surface area (Å²) < 4.78 is 0. The Hall–Kier alpha value is -4.09. The van der Waals surface area contributed by atoms with Crippen LogP contribution in [0.15, 0.2) is 60.2 Å². The number of aliphatic imine (C=N–C) groups is 1. The molecule has 45 heavy (non-hydrogen) atoms. The summed E-state index contributed by atoms with van der Waals surface area (Å²) in [6.45, 7) is 16.4. The van der Waals surface area contributed by atoms with Crippen molar-refractivity contribution in [3.05, 3.63) is 88.6 Å². The van der Waals surface area contributed by atoms with Crippen LogP contribution in [0.3, 0.4) is 0 Å². The van der Waals surface area contributed by atoms with Gasteiger partial charge >= 0.3 is 0 Å². The van der Waals surface area contributed by atoms with Gasteiger partial charge in [0.05, 0.1) is 11.5 Å². The Kier molecular flexibility index (Phi) is 10.4. The summed E-state index contributed by atoms with van der Waals surface area (Å²) in [6, 6.07) is 15.0. The average Bonchev–Trinajstić information content (AvgIpc) is 3.44. The van der Waals surface area contributed by atoms with Crippen molar-refractivity contribution >= 4 is 17.4 Å².